The van der Waals surface area contributed by atoms with Crippen LogP contribution in [0.4, 0.5) is 5.69 Å². The number of nitrogens with zero attached hydrogens (tertiary/aromatic N) is 2. The van der Waals surface area contributed by atoms with Gasteiger partial charge in [0.1, 0.15) is 11.4 Å². The predicted molar refractivity (Wildman–Crippen MR) is 68.6 cm³/mol. The maximum Gasteiger partial charge on any atom is 0.144 e. The van der Waals surface area contributed by atoms with Crippen LogP contribution in [0, 0.1) is 0 Å². The maximum atomic E-state index is 5.95. The van der Waals surface area contributed by atoms with Gasteiger partial charge in [-0.25, -0.2) is 4.68 Å². The van der Waals surface area contributed by atoms with Gasteiger partial charge in [0.15, 0.2) is 0 Å². The molecular formula is C13H17N3O. The van der Waals surface area contributed by atoms with Gasteiger partial charge in [-0.1, -0.05) is 26.0 Å². The number of aromatic nitrogens is 2. The van der Waals surface area contributed by atoms with E-state index in [1.54, 1.807) is 13.3 Å². The van der Waals surface area contributed by atoms with Crippen molar-refractivity contribution in [3.63, 3.8) is 0 Å². The Balaban J connectivity index is 2.60. The molecule has 1 aromatic heterocycles. The van der Waals surface area contributed by atoms with Crippen molar-refractivity contribution in [3.05, 3.63) is 36.2 Å². The van der Waals surface area contributed by atoms with Crippen LogP contribution in [-0.4, -0.2) is 16.9 Å². The Hall–Kier alpha value is -1.97. The van der Waals surface area contributed by atoms with Crippen molar-refractivity contribution in [2.24, 2.45) is 0 Å². The van der Waals surface area contributed by atoms with E-state index in [0.717, 1.165) is 17.1 Å². The van der Waals surface area contributed by atoms with Crippen LogP contribution in [0.2, 0.25) is 0 Å². The van der Waals surface area contributed by atoms with Crippen LogP contribution in [0.25, 0.3) is 5.69 Å². The van der Waals surface area contributed by atoms with Crippen LogP contribution in [0.15, 0.2) is 30.5 Å². The largest absolute Gasteiger partial charge is 0.494 e. The van der Waals surface area contributed by atoms with Crippen molar-refractivity contribution in [3.8, 4) is 11.4 Å². The molecule has 2 N–H and O–H groups in total. The number of anilines is 1. The number of nitrogen functional groups attached to an aromatic ring is 1. The first kappa shape index (κ1) is 11.5. The first-order valence-electron chi connectivity index (χ1n) is 5.62. The zero-order valence-electron chi connectivity index (χ0n) is 10.3. The molecule has 17 heavy (non-hydrogen) atoms. The third kappa shape index (κ3) is 1.98. The monoisotopic (exact) mass is 231 g/mol. The topological polar surface area (TPSA) is 53.1 Å². The molecule has 2 aromatic rings. The quantitative estimate of drug-likeness (QED) is 0.883. The molecule has 0 fully saturated rings. The summed E-state index contributed by atoms with van der Waals surface area (Å²) in [4.78, 5) is 0. The minimum Gasteiger partial charge on any atom is -0.494 e. The van der Waals surface area contributed by atoms with Gasteiger partial charge in [0.05, 0.1) is 24.7 Å². The van der Waals surface area contributed by atoms with Crippen molar-refractivity contribution in [2.75, 3.05) is 12.8 Å². The highest BCUT2D eigenvalue weighted by Crippen LogP contribution is 2.29. The van der Waals surface area contributed by atoms with Crippen molar-refractivity contribution >= 4 is 5.69 Å². The minimum atomic E-state index is 0.308. The van der Waals surface area contributed by atoms with Crippen molar-refractivity contribution in [1.82, 2.24) is 9.78 Å². The Kier molecular flexibility index (Phi) is 3.04. The fraction of sp³-hybridized carbons (Fsp3) is 0.308. The van der Waals surface area contributed by atoms with Crippen LogP contribution in [0.3, 0.4) is 0 Å². The first-order valence-corrected chi connectivity index (χ1v) is 5.62. The Morgan fingerprint density at radius 1 is 1.29 bits per heavy atom. The van der Waals surface area contributed by atoms with E-state index >= 15 is 0 Å². The lowest BCUT2D eigenvalue weighted by atomic mass is 10.1. The Morgan fingerprint density at radius 3 is 2.65 bits per heavy atom. The summed E-state index contributed by atoms with van der Waals surface area (Å²) < 4.78 is 7.19. The highest BCUT2D eigenvalue weighted by atomic mass is 16.5. The van der Waals surface area contributed by atoms with Gasteiger partial charge in [0.25, 0.3) is 0 Å². The molecule has 0 saturated carbocycles. The zero-order valence-corrected chi connectivity index (χ0v) is 10.3. The van der Waals surface area contributed by atoms with Crippen molar-refractivity contribution in [2.45, 2.75) is 19.8 Å². The highest BCUT2D eigenvalue weighted by molar-refractivity contribution is 5.52. The number of hydrogen-bond acceptors (Lipinski definition) is 3. The maximum absolute atomic E-state index is 5.95. The summed E-state index contributed by atoms with van der Waals surface area (Å²) in [5.41, 5.74) is 8.58. The number of ether oxygens (including phenoxy) is 1. The summed E-state index contributed by atoms with van der Waals surface area (Å²) in [5, 5.41) is 4.33. The Morgan fingerprint density at radius 2 is 2.00 bits per heavy atom. The second kappa shape index (κ2) is 4.49. The van der Waals surface area contributed by atoms with Gasteiger partial charge in [-0.2, -0.15) is 5.10 Å². The minimum absolute atomic E-state index is 0.308. The van der Waals surface area contributed by atoms with Gasteiger partial charge in [0.2, 0.25) is 0 Å². The summed E-state index contributed by atoms with van der Waals surface area (Å²) in [6.45, 7) is 4.19. The standard InChI is InChI=1S/C13H17N3O/c1-9(2)13-10(14)8-15-16(13)11-6-4-5-7-12(11)17-3/h4-9H,14H2,1-3H3. The van der Waals surface area contributed by atoms with E-state index in [1.165, 1.54) is 0 Å². The molecule has 4 heteroatoms. The second-order valence-corrected chi connectivity index (χ2v) is 4.22. The zero-order chi connectivity index (χ0) is 12.4. The molecule has 0 radical (unpaired) electrons. The molecule has 2 rings (SSSR count). The molecule has 0 bridgehead atoms. The number of hydrogen-bond donors (Lipinski definition) is 1. The summed E-state index contributed by atoms with van der Waals surface area (Å²) in [6, 6.07) is 7.78. The van der Waals surface area contributed by atoms with E-state index in [0.29, 0.717) is 11.6 Å². The lowest BCUT2D eigenvalue weighted by molar-refractivity contribution is 0.411. The van der Waals surface area contributed by atoms with E-state index in [4.69, 9.17) is 10.5 Å². The van der Waals surface area contributed by atoms with Crippen molar-refractivity contribution < 1.29 is 4.74 Å². The third-order valence-electron chi connectivity index (χ3n) is 2.70. The molecule has 0 unspecified atom stereocenters. The third-order valence-corrected chi connectivity index (χ3v) is 2.70. The second-order valence-electron chi connectivity index (χ2n) is 4.22. The lowest BCUT2D eigenvalue weighted by Crippen LogP contribution is -2.06. The number of methoxy groups -OCH3 is 1. The van der Waals surface area contributed by atoms with E-state index in [-0.39, 0.29) is 0 Å². The summed E-state index contributed by atoms with van der Waals surface area (Å²) >= 11 is 0. The fourth-order valence-corrected chi connectivity index (χ4v) is 1.95. The van der Waals surface area contributed by atoms with Crippen LogP contribution in [0.1, 0.15) is 25.5 Å². The molecule has 90 valence electrons. The van der Waals surface area contributed by atoms with Gasteiger partial charge >= 0.3 is 0 Å². The van der Waals surface area contributed by atoms with Gasteiger partial charge in [-0.05, 0) is 18.1 Å². The molecule has 1 heterocycles. The normalized spacial score (nSPS) is 10.8. The SMILES string of the molecule is COc1ccccc1-n1ncc(N)c1C(C)C. The average molecular weight is 231 g/mol. The molecule has 0 saturated heterocycles. The molecule has 0 amide bonds. The fourth-order valence-electron chi connectivity index (χ4n) is 1.95. The van der Waals surface area contributed by atoms with E-state index in [2.05, 4.69) is 18.9 Å². The van der Waals surface area contributed by atoms with Crippen LogP contribution in [-0.2, 0) is 0 Å². The summed E-state index contributed by atoms with van der Waals surface area (Å²) in [7, 11) is 1.65. The van der Waals surface area contributed by atoms with Crippen LogP contribution in [0.5, 0.6) is 5.75 Å². The van der Waals surface area contributed by atoms with Crippen LogP contribution < -0.4 is 10.5 Å². The molecule has 1 aromatic carbocycles. The van der Waals surface area contributed by atoms with Gasteiger partial charge in [-0.3, -0.25) is 0 Å². The van der Waals surface area contributed by atoms with Crippen molar-refractivity contribution in [1.29, 1.82) is 0 Å². The first-order chi connectivity index (χ1) is 8.15. The van der Waals surface area contributed by atoms with Crippen LogP contribution >= 0.6 is 0 Å². The molecule has 4 nitrogen and oxygen atoms in total. The van der Waals surface area contributed by atoms with E-state index < -0.39 is 0 Å². The molecule has 0 spiro atoms. The average Bonchev–Trinajstić information content (AvgIpc) is 2.71. The molecule has 0 atom stereocenters. The van der Waals surface area contributed by atoms with E-state index in [1.807, 2.05) is 28.9 Å². The molecule has 0 aliphatic carbocycles. The lowest BCUT2D eigenvalue weighted by Gasteiger charge is -2.13. The number of rotatable bonds is 3. The van der Waals surface area contributed by atoms with Gasteiger partial charge in [0, 0.05) is 0 Å². The molecule has 0 aliphatic heterocycles. The van der Waals surface area contributed by atoms with Gasteiger partial charge in [-0.15, -0.1) is 0 Å². The Labute approximate surface area is 101 Å². The predicted octanol–water partition coefficient (Wildman–Crippen LogP) is 2.59. The summed E-state index contributed by atoms with van der Waals surface area (Å²) in [6.07, 6.45) is 1.68. The number of benzene rings is 1. The van der Waals surface area contributed by atoms with Gasteiger partial charge < -0.3 is 10.5 Å². The molecular weight excluding hydrogens is 214 g/mol. The van der Waals surface area contributed by atoms with E-state index in [9.17, 15) is 0 Å². The summed E-state index contributed by atoms with van der Waals surface area (Å²) in [5.74, 6) is 1.10. The Bertz CT molecular complexity index is 517. The molecule has 0 aliphatic rings. The smallest absolute Gasteiger partial charge is 0.144 e. The number of nitrogens with two attached hydrogens (primary N) is 1. The highest BCUT2D eigenvalue weighted by Gasteiger charge is 2.15. The number of para-hydroxylation sites is 2.